The Morgan fingerprint density at radius 1 is 1.12 bits per heavy atom. The maximum Gasteiger partial charge on any atom is 0.416 e. The SMILES string of the molecule is CC[C@H](C)[C@H](N)C(=O)O[C@@H](C)[C@H](Oc1ccc(C(F)(F)F)cc1)C(C)C. The molecule has 0 aliphatic rings. The summed E-state index contributed by atoms with van der Waals surface area (Å²) >= 11 is 0. The summed E-state index contributed by atoms with van der Waals surface area (Å²) in [4.78, 5) is 12.2. The molecule has 0 bridgehead atoms. The lowest BCUT2D eigenvalue weighted by atomic mass is 9.99. The molecule has 0 saturated heterocycles. The van der Waals surface area contributed by atoms with E-state index in [-0.39, 0.29) is 17.6 Å². The predicted molar refractivity (Wildman–Crippen MR) is 93.7 cm³/mol. The first-order valence-corrected chi connectivity index (χ1v) is 8.77. The third-order valence-electron chi connectivity index (χ3n) is 4.40. The molecule has 1 aromatic rings. The molecule has 2 N–H and O–H groups in total. The second kappa shape index (κ2) is 9.26. The molecule has 0 radical (unpaired) electrons. The van der Waals surface area contributed by atoms with Crippen LogP contribution in [0.4, 0.5) is 13.2 Å². The monoisotopic (exact) mass is 375 g/mol. The number of nitrogens with two attached hydrogens (primary N) is 1. The Bertz CT molecular complexity index is 572. The molecule has 0 fully saturated rings. The number of carbonyl (C=O) groups excluding carboxylic acids is 1. The van der Waals surface area contributed by atoms with Gasteiger partial charge in [0.1, 0.15) is 24.0 Å². The molecular weight excluding hydrogens is 347 g/mol. The highest BCUT2D eigenvalue weighted by molar-refractivity contribution is 5.76. The standard InChI is InChI=1S/C19H28F3NO3/c1-6-12(4)16(23)18(24)25-13(5)17(11(2)3)26-15-9-7-14(8-10-15)19(20,21)22/h7-13,16-17H,6,23H2,1-5H3/t12-,13-,16-,17+/m0/s1. The summed E-state index contributed by atoms with van der Waals surface area (Å²) < 4.78 is 49.2. The Hall–Kier alpha value is -1.76. The minimum atomic E-state index is -4.40. The molecule has 148 valence electrons. The lowest BCUT2D eigenvalue weighted by Gasteiger charge is -2.29. The molecule has 1 aromatic carbocycles. The normalized spacial score (nSPS) is 16.7. The lowest BCUT2D eigenvalue weighted by Crippen LogP contribution is -2.44. The van der Waals surface area contributed by atoms with Crippen molar-refractivity contribution in [3.05, 3.63) is 29.8 Å². The van der Waals surface area contributed by atoms with Crippen molar-refractivity contribution in [2.45, 2.75) is 65.5 Å². The molecule has 4 nitrogen and oxygen atoms in total. The van der Waals surface area contributed by atoms with Crippen molar-refractivity contribution in [3.8, 4) is 5.75 Å². The van der Waals surface area contributed by atoms with Crippen molar-refractivity contribution < 1.29 is 27.4 Å². The molecule has 4 atom stereocenters. The van der Waals surface area contributed by atoms with Crippen LogP contribution in [0.3, 0.4) is 0 Å². The van der Waals surface area contributed by atoms with Crippen molar-refractivity contribution >= 4 is 5.97 Å². The number of hydrogen-bond acceptors (Lipinski definition) is 4. The van der Waals surface area contributed by atoms with Gasteiger partial charge in [-0.1, -0.05) is 34.1 Å². The fourth-order valence-electron chi connectivity index (χ4n) is 2.47. The van der Waals surface area contributed by atoms with Crippen molar-refractivity contribution in [1.82, 2.24) is 0 Å². The van der Waals surface area contributed by atoms with E-state index in [4.69, 9.17) is 15.2 Å². The van der Waals surface area contributed by atoms with Crippen molar-refractivity contribution in [2.75, 3.05) is 0 Å². The predicted octanol–water partition coefficient (Wildman–Crippen LogP) is 4.41. The van der Waals surface area contributed by atoms with Crippen molar-refractivity contribution in [1.29, 1.82) is 0 Å². The molecule has 0 unspecified atom stereocenters. The van der Waals surface area contributed by atoms with Crippen LogP contribution in [0.25, 0.3) is 0 Å². The van der Waals surface area contributed by atoms with E-state index in [1.807, 2.05) is 27.7 Å². The Morgan fingerprint density at radius 2 is 1.65 bits per heavy atom. The van der Waals surface area contributed by atoms with Gasteiger partial charge in [0.15, 0.2) is 0 Å². The maximum absolute atomic E-state index is 12.6. The average molecular weight is 375 g/mol. The third-order valence-corrected chi connectivity index (χ3v) is 4.40. The molecule has 1 rings (SSSR count). The summed E-state index contributed by atoms with van der Waals surface area (Å²) in [6, 6.07) is 3.72. The zero-order valence-electron chi connectivity index (χ0n) is 15.8. The number of benzene rings is 1. The summed E-state index contributed by atoms with van der Waals surface area (Å²) in [6.07, 6.45) is -4.76. The fourth-order valence-corrected chi connectivity index (χ4v) is 2.47. The lowest BCUT2D eigenvalue weighted by molar-refractivity contribution is -0.157. The van der Waals surface area contributed by atoms with Gasteiger partial charge >= 0.3 is 12.1 Å². The van der Waals surface area contributed by atoms with E-state index in [1.165, 1.54) is 12.1 Å². The van der Waals surface area contributed by atoms with Crippen LogP contribution in [0.5, 0.6) is 5.75 Å². The zero-order valence-corrected chi connectivity index (χ0v) is 15.8. The molecule has 0 aromatic heterocycles. The van der Waals surface area contributed by atoms with E-state index >= 15 is 0 Å². The van der Waals surface area contributed by atoms with Gasteiger partial charge in [-0.15, -0.1) is 0 Å². The first-order valence-electron chi connectivity index (χ1n) is 8.77. The Morgan fingerprint density at radius 3 is 2.08 bits per heavy atom. The minimum Gasteiger partial charge on any atom is -0.486 e. The van der Waals surface area contributed by atoms with Crippen LogP contribution < -0.4 is 10.5 Å². The highest BCUT2D eigenvalue weighted by atomic mass is 19.4. The van der Waals surface area contributed by atoms with Gasteiger partial charge in [-0.25, -0.2) is 0 Å². The average Bonchev–Trinajstić information content (AvgIpc) is 2.57. The first-order chi connectivity index (χ1) is 12.0. The summed E-state index contributed by atoms with van der Waals surface area (Å²) in [5.74, 6) is -0.262. The fraction of sp³-hybridized carbons (Fsp3) is 0.632. The number of alkyl halides is 3. The Kier molecular flexibility index (Phi) is 7.93. The molecule has 0 saturated carbocycles. The number of esters is 1. The highest BCUT2D eigenvalue weighted by Gasteiger charge is 2.31. The Labute approximate surface area is 152 Å². The van der Waals surface area contributed by atoms with Crippen LogP contribution >= 0.6 is 0 Å². The molecule has 26 heavy (non-hydrogen) atoms. The van der Waals surface area contributed by atoms with E-state index in [1.54, 1.807) is 6.92 Å². The summed E-state index contributed by atoms with van der Waals surface area (Å²) in [7, 11) is 0. The minimum absolute atomic E-state index is 0.0111. The number of hydrogen-bond donors (Lipinski definition) is 1. The van der Waals surface area contributed by atoms with E-state index in [9.17, 15) is 18.0 Å². The van der Waals surface area contributed by atoms with Crippen LogP contribution in [0, 0.1) is 11.8 Å². The topological polar surface area (TPSA) is 61.6 Å². The number of ether oxygens (including phenoxy) is 2. The van der Waals surface area contributed by atoms with Crippen molar-refractivity contribution in [2.24, 2.45) is 17.6 Å². The van der Waals surface area contributed by atoms with E-state index in [0.717, 1.165) is 18.6 Å². The second-order valence-electron chi connectivity index (χ2n) is 6.90. The number of halogens is 3. The highest BCUT2D eigenvalue weighted by Crippen LogP contribution is 2.31. The molecule has 7 heteroatoms. The van der Waals surface area contributed by atoms with Crippen LogP contribution in [0.15, 0.2) is 24.3 Å². The quantitative estimate of drug-likeness (QED) is 0.684. The summed E-state index contributed by atoms with van der Waals surface area (Å²) in [6.45, 7) is 9.26. The van der Waals surface area contributed by atoms with Crippen LogP contribution in [-0.2, 0) is 15.7 Å². The van der Waals surface area contributed by atoms with Gasteiger partial charge in [0.05, 0.1) is 5.56 Å². The number of rotatable bonds is 8. The molecule has 0 aliphatic carbocycles. The van der Waals surface area contributed by atoms with Crippen LogP contribution in [0.2, 0.25) is 0 Å². The smallest absolute Gasteiger partial charge is 0.416 e. The van der Waals surface area contributed by atoms with Gasteiger partial charge in [-0.2, -0.15) is 13.2 Å². The third kappa shape index (κ3) is 6.20. The van der Waals surface area contributed by atoms with Gasteiger partial charge < -0.3 is 15.2 Å². The molecule has 0 aliphatic heterocycles. The van der Waals surface area contributed by atoms with E-state index in [2.05, 4.69) is 0 Å². The molecule has 0 amide bonds. The van der Waals surface area contributed by atoms with Gasteiger partial charge in [-0.3, -0.25) is 4.79 Å². The van der Waals surface area contributed by atoms with Crippen LogP contribution in [-0.4, -0.2) is 24.2 Å². The second-order valence-corrected chi connectivity index (χ2v) is 6.90. The molecule has 0 heterocycles. The zero-order chi connectivity index (χ0) is 20.1. The number of carbonyl (C=O) groups is 1. The van der Waals surface area contributed by atoms with Gasteiger partial charge in [0.25, 0.3) is 0 Å². The van der Waals surface area contributed by atoms with Gasteiger partial charge in [0.2, 0.25) is 0 Å². The molecule has 0 spiro atoms. The summed E-state index contributed by atoms with van der Waals surface area (Å²) in [5, 5.41) is 0. The molecular formula is C19H28F3NO3. The Balaban J connectivity index is 2.81. The first kappa shape index (κ1) is 22.3. The van der Waals surface area contributed by atoms with Crippen LogP contribution in [0.1, 0.15) is 46.6 Å². The van der Waals surface area contributed by atoms with Gasteiger partial charge in [-0.05, 0) is 43.0 Å². The summed E-state index contributed by atoms with van der Waals surface area (Å²) in [5.41, 5.74) is 5.14. The maximum atomic E-state index is 12.6. The largest absolute Gasteiger partial charge is 0.486 e. The van der Waals surface area contributed by atoms with E-state index < -0.39 is 36.0 Å². The van der Waals surface area contributed by atoms with Gasteiger partial charge in [0, 0.05) is 0 Å². The van der Waals surface area contributed by atoms with E-state index in [0.29, 0.717) is 0 Å². The van der Waals surface area contributed by atoms with Crippen molar-refractivity contribution in [3.63, 3.8) is 0 Å².